The zero-order valence-corrected chi connectivity index (χ0v) is 15.3. The van der Waals surface area contributed by atoms with Crippen LogP contribution in [0, 0.1) is 0 Å². The van der Waals surface area contributed by atoms with Crippen LogP contribution < -0.4 is 0 Å². The Morgan fingerprint density at radius 1 is 1.11 bits per heavy atom. The van der Waals surface area contributed by atoms with Crippen molar-refractivity contribution in [3.63, 3.8) is 0 Å². The number of aromatic nitrogens is 3. The highest BCUT2D eigenvalue weighted by molar-refractivity contribution is 7.18. The van der Waals surface area contributed by atoms with E-state index in [4.69, 9.17) is 4.74 Å². The third-order valence-corrected chi connectivity index (χ3v) is 4.94. The lowest BCUT2D eigenvalue weighted by atomic mass is 10.2. The minimum absolute atomic E-state index is 0.176. The van der Waals surface area contributed by atoms with Crippen LogP contribution in [-0.4, -0.2) is 20.7 Å². The van der Waals surface area contributed by atoms with Crippen molar-refractivity contribution >= 4 is 33.6 Å². The van der Waals surface area contributed by atoms with Crippen molar-refractivity contribution < 1.29 is 9.53 Å². The Bertz CT molecular complexity index is 1050. The predicted molar refractivity (Wildman–Crippen MR) is 106 cm³/mol. The van der Waals surface area contributed by atoms with Crippen LogP contribution in [0.4, 0.5) is 0 Å². The van der Waals surface area contributed by atoms with Gasteiger partial charge in [-0.3, -0.25) is 4.68 Å². The minimum atomic E-state index is -0.398. The molecule has 0 aliphatic rings. The maximum atomic E-state index is 11.9. The van der Waals surface area contributed by atoms with Gasteiger partial charge in [-0.2, -0.15) is 5.10 Å². The number of thiazole rings is 1. The van der Waals surface area contributed by atoms with Crippen molar-refractivity contribution in [3.05, 3.63) is 89.2 Å². The molecule has 0 amide bonds. The molecule has 0 spiro atoms. The van der Waals surface area contributed by atoms with Crippen molar-refractivity contribution in [3.8, 4) is 0 Å². The molecular weight excluding hydrogens is 358 g/mol. The zero-order valence-electron chi connectivity index (χ0n) is 14.5. The molecule has 0 saturated heterocycles. The van der Waals surface area contributed by atoms with E-state index in [1.165, 1.54) is 23.0 Å². The largest absolute Gasteiger partial charge is 0.455 e. The minimum Gasteiger partial charge on any atom is -0.455 e. The first-order chi connectivity index (χ1) is 13.3. The Kier molecular flexibility index (Phi) is 5.07. The molecule has 2 aromatic carbocycles. The summed E-state index contributed by atoms with van der Waals surface area (Å²) in [6, 6.07) is 18.0. The van der Waals surface area contributed by atoms with Crippen molar-refractivity contribution in [1.82, 2.24) is 14.8 Å². The Balaban J connectivity index is 1.32. The van der Waals surface area contributed by atoms with E-state index in [-0.39, 0.29) is 6.61 Å². The summed E-state index contributed by atoms with van der Waals surface area (Å²) in [4.78, 5) is 16.4. The molecule has 0 unspecified atom stereocenters. The zero-order chi connectivity index (χ0) is 18.5. The summed E-state index contributed by atoms with van der Waals surface area (Å²) in [5.41, 5.74) is 2.95. The van der Waals surface area contributed by atoms with Crippen LogP contribution >= 0.6 is 11.3 Å². The Hall–Kier alpha value is -3.25. The van der Waals surface area contributed by atoms with Crippen molar-refractivity contribution in [2.24, 2.45) is 0 Å². The summed E-state index contributed by atoms with van der Waals surface area (Å²) in [6.45, 7) is 0.868. The van der Waals surface area contributed by atoms with Gasteiger partial charge in [-0.1, -0.05) is 42.5 Å². The van der Waals surface area contributed by atoms with Crippen LogP contribution in [0.3, 0.4) is 0 Å². The van der Waals surface area contributed by atoms with Gasteiger partial charge in [0.25, 0.3) is 0 Å². The molecule has 0 atom stereocenters. The molecule has 6 heteroatoms. The molecule has 2 aromatic heterocycles. The fourth-order valence-electron chi connectivity index (χ4n) is 2.65. The molecule has 0 aliphatic heterocycles. The maximum absolute atomic E-state index is 11.9. The van der Waals surface area contributed by atoms with Gasteiger partial charge in [0.15, 0.2) is 0 Å². The van der Waals surface area contributed by atoms with Gasteiger partial charge >= 0.3 is 5.97 Å². The Morgan fingerprint density at radius 3 is 2.78 bits per heavy atom. The SMILES string of the molecule is O=C(/C=C/c1cnn(Cc2ccccc2)c1)OCc1nc2ccccc2s1. The topological polar surface area (TPSA) is 57.0 Å². The second kappa shape index (κ2) is 7.97. The molecule has 4 aromatic rings. The van der Waals surface area contributed by atoms with Gasteiger partial charge < -0.3 is 4.74 Å². The van der Waals surface area contributed by atoms with Crippen LogP contribution in [0.5, 0.6) is 0 Å². The number of ether oxygens (including phenoxy) is 1. The number of hydrogen-bond acceptors (Lipinski definition) is 5. The monoisotopic (exact) mass is 375 g/mol. The molecule has 0 bridgehead atoms. The highest BCUT2D eigenvalue weighted by atomic mass is 32.1. The molecule has 27 heavy (non-hydrogen) atoms. The summed E-state index contributed by atoms with van der Waals surface area (Å²) < 4.78 is 8.20. The van der Waals surface area contributed by atoms with Gasteiger partial charge in [-0.25, -0.2) is 9.78 Å². The number of para-hydroxylation sites is 1. The number of nitrogens with zero attached hydrogens (tertiary/aromatic N) is 3. The van der Waals surface area contributed by atoms with Crippen LogP contribution in [-0.2, 0) is 22.7 Å². The number of rotatable bonds is 6. The lowest BCUT2D eigenvalue weighted by molar-refractivity contribution is -0.138. The van der Waals surface area contributed by atoms with E-state index in [2.05, 4.69) is 22.2 Å². The van der Waals surface area contributed by atoms with E-state index in [9.17, 15) is 4.79 Å². The smallest absolute Gasteiger partial charge is 0.331 e. The fraction of sp³-hybridized carbons (Fsp3) is 0.0952. The van der Waals surface area contributed by atoms with Crippen molar-refractivity contribution in [2.45, 2.75) is 13.2 Å². The molecule has 0 aliphatic carbocycles. The van der Waals surface area contributed by atoms with Gasteiger partial charge in [0.05, 0.1) is 23.0 Å². The first-order valence-corrected chi connectivity index (χ1v) is 9.33. The number of fused-ring (bicyclic) bond motifs is 1. The molecule has 0 radical (unpaired) electrons. The standard InChI is InChI=1S/C21H17N3O2S/c25-21(26-15-20-23-18-8-4-5-9-19(18)27-20)11-10-17-12-22-24(14-17)13-16-6-2-1-3-7-16/h1-12,14H,13,15H2/b11-10+. The van der Waals surface area contributed by atoms with Crippen molar-refractivity contribution in [1.29, 1.82) is 0 Å². The molecule has 0 saturated carbocycles. The van der Waals surface area contributed by atoms with Gasteiger partial charge in [-0.15, -0.1) is 11.3 Å². The average molecular weight is 375 g/mol. The van der Waals surface area contributed by atoms with E-state index < -0.39 is 5.97 Å². The summed E-state index contributed by atoms with van der Waals surface area (Å²) in [6.07, 6.45) is 6.73. The lowest BCUT2D eigenvalue weighted by Gasteiger charge is -2.00. The van der Waals surface area contributed by atoms with Gasteiger partial charge in [0, 0.05) is 17.8 Å². The Morgan fingerprint density at radius 2 is 1.93 bits per heavy atom. The molecule has 5 nitrogen and oxygen atoms in total. The van der Waals surface area contributed by atoms with Crippen LogP contribution in [0.2, 0.25) is 0 Å². The molecule has 134 valence electrons. The molecule has 2 heterocycles. The van der Waals surface area contributed by atoms with Gasteiger partial charge in [-0.05, 0) is 23.8 Å². The number of carbonyl (C=O) groups is 1. The summed E-state index contributed by atoms with van der Waals surface area (Å²) >= 11 is 1.53. The highest BCUT2D eigenvalue weighted by Crippen LogP contribution is 2.22. The van der Waals surface area contributed by atoms with Crippen molar-refractivity contribution in [2.75, 3.05) is 0 Å². The van der Waals surface area contributed by atoms with Crippen LogP contribution in [0.1, 0.15) is 16.1 Å². The first-order valence-electron chi connectivity index (χ1n) is 8.52. The number of benzene rings is 2. The molecular formula is C21H17N3O2S. The maximum Gasteiger partial charge on any atom is 0.331 e. The summed E-state index contributed by atoms with van der Waals surface area (Å²) in [7, 11) is 0. The normalized spacial score (nSPS) is 11.3. The Labute approximate surface area is 160 Å². The molecule has 4 rings (SSSR count). The first kappa shape index (κ1) is 17.2. The molecule has 0 fully saturated rings. The number of hydrogen-bond donors (Lipinski definition) is 0. The number of carbonyl (C=O) groups excluding carboxylic acids is 1. The van der Waals surface area contributed by atoms with E-state index >= 15 is 0 Å². The third-order valence-electron chi connectivity index (χ3n) is 3.93. The molecule has 0 N–H and O–H groups in total. The van der Waals surface area contributed by atoms with Crippen LogP contribution in [0.25, 0.3) is 16.3 Å². The second-order valence-corrected chi connectivity index (χ2v) is 7.09. The average Bonchev–Trinajstić information content (AvgIpc) is 3.32. The van der Waals surface area contributed by atoms with E-state index in [0.717, 1.165) is 20.8 Å². The quantitative estimate of drug-likeness (QED) is 0.372. The fourth-order valence-corrected chi connectivity index (χ4v) is 3.53. The third kappa shape index (κ3) is 4.48. The second-order valence-electron chi connectivity index (χ2n) is 5.97. The number of esters is 1. The summed E-state index contributed by atoms with van der Waals surface area (Å²) in [5, 5.41) is 5.10. The van der Waals surface area contributed by atoms with Gasteiger partial charge in [0.2, 0.25) is 0 Å². The summed E-state index contributed by atoms with van der Waals surface area (Å²) in [5.74, 6) is -0.398. The van der Waals surface area contributed by atoms with E-state index in [0.29, 0.717) is 6.54 Å². The lowest BCUT2D eigenvalue weighted by Crippen LogP contribution is -2.00. The van der Waals surface area contributed by atoms with Gasteiger partial charge in [0.1, 0.15) is 11.6 Å². The predicted octanol–water partition coefficient (Wildman–Crippen LogP) is 4.30. The van der Waals surface area contributed by atoms with E-state index in [1.807, 2.05) is 53.3 Å². The van der Waals surface area contributed by atoms with Crippen LogP contribution in [0.15, 0.2) is 73.1 Å². The highest BCUT2D eigenvalue weighted by Gasteiger charge is 2.05. The van der Waals surface area contributed by atoms with E-state index in [1.54, 1.807) is 12.3 Å².